The molecule has 0 aromatic carbocycles. The molecule has 0 radical (unpaired) electrons. The predicted molar refractivity (Wildman–Crippen MR) is 91.9 cm³/mol. The Kier molecular flexibility index (Phi) is 6.42. The Morgan fingerprint density at radius 2 is 1.81 bits per heavy atom. The monoisotopic (exact) mass is 386 g/mol. The lowest BCUT2D eigenvalue weighted by Gasteiger charge is -2.24. The molecule has 2 rings (SSSR count). The number of hydrogen-bond donors (Lipinski definition) is 1. The van der Waals surface area contributed by atoms with Crippen LogP contribution in [-0.4, -0.2) is 73.6 Å². The summed E-state index contributed by atoms with van der Waals surface area (Å²) in [6.07, 6.45) is 1.03. The summed E-state index contributed by atoms with van der Waals surface area (Å²) < 4.78 is 31.7. The van der Waals surface area contributed by atoms with E-state index in [2.05, 4.69) is 19.7 Å². The van der Waals surface area contributed by atoms with Gasteiger partial charge < -0.3 is 9.64 Å². The van der Waals surface area contributed by atoms with Gasteiger partial charge in [0.25, 0.3) is 0 Å². The Morgan fingerprint density at radius 1 is 1.15 bits per heavy atom. The maximum atomic E-state index is 12.2. The number of nitrogens with zero attached hydrogens (tertiary/aromatic N) is 5. The van der Waals surface area contributed by atoms with Gasteiger partial charge in [-0.15, -0.1) is 0 Å². The summed E-state index contributed by atoms with van der Waals surface area (Å²) >= 11 is 0. The lowest BCUT2D eigenvalue weighted by molar-refractivity contribution is -0.147. The number of carbonyl (C=O) groups is 2. The molecule has 26 heavy (non-hydrogen) atoms. The maximum absolute atomic E-state index is 12.2. The number of hydrogen-bond acceptors (Lipinski definition) is 9. The highest BCUT2D eigenvalue weighted by Crippen LogP contribution is 2.12. The first-order valence-electron chi connectivity index (χ1n) is 7.98. The molecule has 1 aromatic heterocycles. The van der Waals surface area contributed by atoms with Crippen LogP contribution in [0.5, 0.6) is 6.01 Å². The molecule has 0 aliphatic carbocycles. The molecular weight excluding hydrogens is 364 g/mol. The molecule has 0 unspecified atom stereocenters. The lowest BCUT2D eigenvalue weighted by atomic mass is 10.1. The van der Waals surface area contributed by atoms with Crippen LogP contribution in [0.3, 0.4) is 0 Å². The zero-order chi connectivity index (χ0) is 19.3. The third-order valence-corrected chi connectivity index (χ3v) is 4.95. The minimum atomic E-state index is -3.73. The highest BCUT2D eigenvalue weighted by Gasteiger charge is 2.27. The molecule has 1 aromatic rings. The van der Waals surface area contributed by atoms with Crippen molar-refractivity contribution in [2.75, 3.05) is 38.4 Å². The normalized spacial score (nSPS) is 15.3. The Hall–Kier alpha value is -2.34. The molecule has 0 atom stereocenters. The fourth-order valence-corrected chi connectivity index (χ4v) is 3.18. The molecule has 1 aliphatic heterocycles. The van der Waals surface area contributed by atoms with Crippen molar-refractivity contribution in [3.05, 3.63) is 5.82 Å². The van der Waals surface area contributed by atoms with Crippen LogP contribution in [-0.2, 0) is 26.2 Å². The SMILES string of the molecule is COc1nc(CNS(=O)(=O)CCN2C(=O)CCCC2=O)nc(N(C)C)n1. The molecule has 1 N–H and O–H groups in total. The second kappa shape index (κ2) is 8.36. The summed E-state index contributed by atoms with van der Waals surface area (Å²) in [6.45, 7) is -0.333. The first-order chi connectivity index (χ1) is 12.2. The van der Waals surface area contributed by atoms with Gasteiger partial charge in [-0.1, -0.05) is 0 Å². The molecule has 2 heterocycles. The predicted octanol–water partition coefficient (Wildman–Crippen LogP) is -1.10. The number of piperidine rings is 1. The average Bonchev–Trinajstić information content (AvgIpc) is 2.59. The molecule has 12 heteroatoms. The van der Waals surface area contributed by atoms with Crippen LogP contribution in [0.2, 0.25) is 0 Å². The van der Waals surface area contributed by atoms with Crippen molar-refractivity contribution in [1.82, 2.24) is 24.6 Å². The number of likely N-dealkylation sites (tertiary alicyclic amines) is 1. The van der Waals surface area contributed by atoms with Crippen molar-refractivity contribution in [3.8, 4) is 6.01 Å². The van der Waals surface area contributed by atoms with Gasteiger partial charge in [-0.05, 0) is 6.42 Å². The Bertz CT molecular complexity index is 766. The molecule has 0 spiro atoms. The number of aromatic nitrogens is 3. The number of rotatable bonds is 8. The van der Waals surface area contributed by atoms with Crippen LogP contribution in [0.25, 0.3) is 0 Å². The molecule has 11 nitrogen and oxygen atoms in total. The lowest BCUT2D eigenvalue weighted by Crippen LogP contribution is -2.44. The Morgan fingerprint density at radius 3 is 2.38 bits per heavy atom. The number of anilines is 1. The van der Waals surface area contributed by atoms with Gasteiger partial charge in [-0.3, -0.25) is 14.5 Å². The summed E-state index contributed by atoms with van der Waals surface area (Å²) in [7, 11) is 1.13. The van der Waals surface area contributed by atoms with Crippen molar-refractivity contribution in [1.29, 1.82) is 0 Å². The van der Waals surface area contributed by atoms with Crippen molar-refractivity contribution in [3.63, 3.8) is 0 Å². The zero-order valence-electron chi connectivity index (χ0n) is 14.9. The van der Waals surface area contributed by atoms with E-state index in [9.17, 15) is 18.0 Å². The standard InChI is InChI=1S/C14H22N6O5S/c1-19(2)13-16-10(17-14(18-13)25-3)9-15-26(23,24)8-7-20-11(21)5-4-6-12(20)22/h15H,4-9H2,1-3H3. The van der Waals surface area contributed by atoms with E-state index in [4.69, 9.17) is 4.74 Å². The van der Waals surface area contributed by atoms with Crippen molar-refractivity contribution >= 4 is 27.8 Å². The highest BCUT2D eigenvalue weighted by molar-refractivity contribution is 7.89. The van der Waals surface area contributed by atoms with Crippen LogP contribution < -0.4 is 14.4 Å². The third-order valence-electron chi connectivity index (χ3n) is 3.65. The van der Waals surface area contributed by atoms with Gasteiger partial charge in [0.2, 0.25) is 27.8 Å². The molecular formula is C14H22N6O5S. The van der Waals surface area contributed by atoms with Crippen LogP contribution >= 0.6 is 0 Å². The van der Waals surface area contributed by atoms with E-state index >= 15 is 0 Å². The summed E-state index contributed by atoms with van der Waals surface area (Å²) in [4.78, 5) is 38.2. The fraction of sp³-hybridized carbons (Fsp3) is 0.643. The summed E-state index contributed by atoms with van der Waals surface area (Å²) in [6, 6.07) is 0.0717. The molecule has 1 fully saturated rings. The third kappa shape index (κ3) is 5.33. The first-order valence-corrected chi connectivity index (χ1v) is 9.64. The number of sulfonamides is 1. The van der Waals surface area contributed by atoms with Gasteiger partial charge >= 0.3 is 6.01 Å². The van der Waals surface area contributed by atoms with Crippen LogP contribution in [0, 0.1) is 0 Å². The fourth-order valence-electron chi connectivity index (χ4n) is 2.26. The molecule has 1 saturated heterocycles. The zero-order valence-corrected chi connectivity index (χ0v) is 15.7. The maximum Gasteiger partial charge on any atom is 0.321 e. The molecule has 144 valence electrons. The smallest absolute Gasteiger partial charge is 0.321 e. The number of imide groups is 1. The second-order valence-corrected chi connectivity index (χ2v) is 7.79. The summed E-state index contributed by atoms with van der Waals surface area (Å²) in [5.41, 5.74) is 0. The van der Waals surface area contributed by atoms with Crippen molar-refractivity contribution in [2.45, 2.75) is 25.8 Å². The van der Waals surface area contributed by atoms with Gasteiger partial charge in [0.1, 0.15) is 0 Å². The van der Waals surface area contributed by atoms with E-state index in [1.807, 2.05) is 0 Å². The summed E-state index contributed by atoms with van der Waals surface area (Å²) in [5.74, 6) is -0.541. The van der Waals surface area contributed by atoms with Crippen LogP contribution in [0.1, 0.15) is 25.1 Å². The van der Waals surface area contributed by atoms with Gasteiger partial charge in [-0.25, -0.2) is 13.1 Å². The van der Waals surface area contributed by atoms with E-state index < -0.39 is 10.0 Å². The Balaban J connectivity index is 1.98. The minimum Gasteiger partial charge on any atom is -0.467 e. The first kappa shape index (κ1) is 20.0. The molecule has 2 amide bonds. The van der Waals surface area contributed by atoms with E-state index in [0.717, 1.165) is 4.90 Å². The number of ether oxygens (including phenoxy) is 1. The van der Waals surface area contributed by atoms with Gasteiger partial charge in [0, 0.05) is 33.5 Å². The molecule has 1 aliphatic rings. The highest BCUT2D eigenvalue weighted by atomic mass is 32.2. The van der Waals surface area contributed by atoms with Crippen LogP contribution in [0.4, 0.5) is 5.95 Å². The topological polar surface area (TPSA) is 135 Å². The minimum absolute atomic E-state index is 0.0717. The molecule has 0 saturated carbocycles. The quantitative estimate of drug-likeness (QED) is 0.553. The molecule has 0 bridgehead atoms. The van der Waals surface area contributed by atoms with Crippen molar-refractivity contribution < 1.29 is 22.7 Å². The van der Waals surface area contributed by atoms with E-state index in [1.165, 1.54) is 7.11 Å². The Labute approximate surface area is 151 Å². The van der Waals surface area contributed by atoms with Gasteiger partial charge in [-0.2, -0.15) is 15.0 Å². The van der Waals surface area contributed by atoms with E-state index in [-0.39, 0.29) is 55.3 Å². The van der Waals surface area contributed by atoms with Gasteiger partial charge in [0.15, 0.2) is 5.82 Å². The summed E-state index contributed by atoms with van der Waals surface area (Å²) in [5, 5.41) is 0. The van der Waals surface area contributed by atoms with E-state index in [0.29, 0.717) is 12.4 Å². The largest absolute Gasteiger partial charge is 0.467 e. The number of methoxy groups -OCH3 is 1. The number of carbonyl (C=O) groups excluding carboxylic acids is 2. The number of nitrogens with one attached hydrogen (secondary N) is 1. The number of amides is 2. The van der Waals surface area contributed by atoms with E-state index in [1.54, 1.807) is 19.0 Å². The van der Waals surface area contributed by atoms with Crippen molar-refractivity contribution in [2.24, 2.45) is 0 Å². The van der Waals surface area contributed by atoms with Gasteiger partial charge in [0.05, 0.1) is 19.4 Å². The van der Waals surface area contributed by atoms with Crippen LogP contribution in [0.15, 0.2) is 0 Å². The average molecular weight is 386 g/mol. The second-order valence-electron chi connectivity index (χ2n) is 5.87.